The summed E-state index contributed by atoms with van der Waals surface area (Å²) in [5.41, 5.74) is 0. The Balaban J connectivity index is 2.49. The highest BCUT2D eigenvalue weighted by atomic mass is 32.2. The van der Waals surface area contributed by atoms with Crippen LogP contribution in [0.25, 0.3) is 0 Å². The van der Waals surface area contributed by atoms with Gasteiger partial charge < -0.3 is 5.32 Å². The second kappa shape index (κ2) is 3.72. The maximum Gasteiger partial charge on any atom is 0.214 e. The highest BCUT2D eigenvalue weighted by Gasteiger charge is 2.23. The zero-order valence-electron chi connectivity index (χ0n) is 7.50. The zero-order valence-corrected chi connectivity index (χ0v) is 8.32. The molecule has 1 atom stereocenters. The van der Waals surface area contributed by atoms with Crippen molar-refractivity contribution in [3.63, 3.8) is 0 Å². The predicted molar refractivity (Wildman–Crippen MR) is 48.5 cm³/mol. The zero-order chi connectivity index (χ0) is 9.19. The summed E-state index contributed by atoms with van der Waals surface area (Å²) in [6.45, 7) is 5.03. The molecule has 1 aliphatic rings. The molecule has 72 valence electrons. The minimum absolute atomic E-state index is 0.0948. The van der Waals surface area contributed by atoms with Crippen LogP contribution < -0.4 is 10.0 Å². The summed E-state index contributed by atoms with van der Waals surface area (Å²) in [6, 6.07) is 0.0948. The van der Waals surface area contributed by atoms with Gasteiger partial charge in [0.25, 0.3) is 0 Å². The fourth-order valence-electron chi connectivity index (χ4n) is 1.12. The van der Waals surface area contributed by atoms with Crippen LogP contribution in [0, 0.1) is 0 Å². The molecule has 0 saturated carbocycles. The lowest BCUT2D eigenvalue weighted by Crippen LogP contribution is -2.40. The third kappa shape index (κ3) is 2.43. The topological polar surface area (TPSA) is 58.2 Å². The Bertz CT molecular complexity index is 230. The van der Waals surface area contributed by atoms with E-state index in [1.54, 1.807) is 13.8 Å². The first-order valence-corrected chi connectivity index (χ1v) is 5.79. The largest absolute Gasteiger partial charge is 0.315 e. The second-order valence-corrected chi connectivity index (χ2v) is 5.67. The van der Waals surface area contributed by atoms with E-state index < -0.39 is 10.0 Å². The lowest BCUT2D eigenvalue weighted by atomic mass is 10.3. The van der Waals surface area contributed by atoms with Crippen molar-refractivity contribution < 1.29 is 8.42 Å². The molecular weight excluding hydrogens is 176 g/mol. The Morgan fingerprint density at radius 1 is 1.50 bits per heavy atom. The lowest BCUT2D eigenvalue weighted by Gasteiger charge is -2.13. The van der Waals surface area contributed by atoms with E-state index in [0.717, 1.165) is 19.5 Å². The van der Waals surface area contributed by atoms with Gasteiger partial charge in [-0.15, -0.1) is 0 Å². The Labute approximate surface area is 73.8 Å². The molecule has 1 heterocycles. The lowest BCUT2D eigenvalue weighted by molar-refractivity contribution is 0.551. The van der Waals surface area contributed by atoms with Crippen LogP contribution in [0.2, 0.25) is 0 Å². The van der Waals surface area contributed by atoms with Crippen molar-refractivity contribution in [1.29, 1.82) is 0 Å². The first-order chi connectivity index (χ1) is 5.52. The van der Waals surface area contributed by atoms with Crippen molar-refractivity contribution in [2.24, 2.45) is 0 Å². The van der Waals surface area contributed by atoms with Gasteiger partial charge in [0, 0.05) is 12.6 Å². The minimum atomic E-state index is -3.07. The quantitative estimate of drug-likeness (QED) is 0.644. The van der Waals surface area contributed by atoms with E-state index in [1.807, 2.05) is 0 Å². The standard InChI is InChI=1S/C7H16N2O2S/c1-6(2)12(10,11)9-7-3-4-8-5-7/h6-9H,3-5H2,1-2H3/t7-/m1/s1. The van der Waals surface area contributed by atoms with Crippen molar-refractivity contribution in [2.45, 2.75) is 31.6 Å². The van der Waals surface area contributed by atoms with Gasteiger partial charge in [0.2, 0.25) is 10.0 Å². The summed E-state index contributed by atoms with van der Waals surface area (Å²) in [4.78, 5) is 0. The minimum Gasteiger partial charge on any atom is -0.315 e. The van der Waals surface area contributed by atoms with E-state index in [-0.39, 0.29) is 11.3 Å². The van der Waals surface area contributed by atoms with E-state index in [1.165, 1.54) is 0 Å². The molecule has 0 spiro atoms. The van der Waals surface area contributed by atoms with E-state index >= 15 is 0 Å². The number of hydrogen-bond acceptors (Lipinski definition) is 3. The summed E-state index contributed by atoms with van der Waals surface area (Å²) >= 11 is 0. The smallest absolute Gasteiger partial charge is 0.214 e. The second-order valence-electron chi connectivity index (χ2n) is 3.40. The molecule has 0 amide bonds. The number of sulfonamides is 1. The summed E-state index contributed by atoms with van der Waals surface area (Å²) in [6.07, 6.45) is 0.895. The normalized spacial score (nSPS) is 25.1. The van der Waals surface area contributed by atoms with Crippen LogP contribution in [0.3, 0.4) is 0 Å². The molecular formula is C7H16N2O2S. The fraction of sp³-hybridized carbons (Fsp3) is 1.00. The van der Waals surface area contributed by atoms with Crippen molar-refractivity contribution in [1.82, 2.24) is 10.0 Å². The van der Waals surface area contributed by atoms with Crippen LogP contribution in [0.4, 0.5) is 0 Å². The van der Waals surface area contributed by atoms with E-state index in [0.29, 0.717) is 0 Å². The molecule has 4 nitrogen and oxygen atoms in total. The van der Waals surface area contributed by atoms with Gasteiger partial charge >= 0.3 is 0 Å². The van der Waals surface area contributed by atoms with Crippen molar-refractivity contribution >= 4 is 10.0 Å². The molecule has 0 unspecified atom stereocenters. The average molecular weight is 192 g/mol. The third-order valence-corrected chi connectivity index (χ3v) is 3.91. The van der Waals surface area contributed by atoms with Gasteiger partial charge in [-0.05, 0) is 26.8 Å². The highest BCUT2D eigenvalue weighted by Crippen LogP contribution is 2.03. The number of hydrogen-bond donors (Lipinski definition) is 2. The SMILES string of the molecule is CC(C)S(=O)(=O)N[C@@H]1CCNC1. The van der Waals surface area contributed by atoms with Crippen LogP contribution in [0.5, 0.6) is 0 Å². The Morgan fingerprint density at radius 2 is 2.17 bits per heavy atom. The summed E-state index contributed by atoms with van der Waals surface area (Å²) < 4.78 is 25.4. The molecule has 0 aromatic heterocycles. The van der Waals surface area contributed by atoms with E-state index in [9.17, 15) is 8.42 Å². The number of nitrogens with one attached hydrogen (secondary N) is 2. The van der Waals surface area contributed by atoms with Gasteiger partial charge in [-0.2, -0.15) is 0 Å². The van der Waals surface area contributed by atoms with E-state index in [4.69, 9.17) is 0 Å². The maximum atomic E-state index is 11.3. The fourth-order valence-corrected chi connectivity index (χ4v) is 2.06. The van der Waals surface area contributed by atoms with Gasteiger partial charge in [-0.25, -0.2) is 13.1 Å². The molecule has 5 heteroatoms. The van der Waals surface area contributed by atoms with Crippen molar-refractivity contribution in [2.75, 3.05) is 13.1 Å². The Kier molecular flexibility index (Phi) is 3.09. The van der Waals surface area contributed by atoms with Gasteiger partial charge in [-0.1, -0.05) is 0 Å². The van der Waals surface area contributed by atoms with Crippen LogP contribution >= 0.6 is 0 Å². The monoisotopic (exact) mass is 192 g/mol. The molecule has 2 N–H and O–H groups in total. The highest BCUT2D eigenvalue weighted by molar-refractivity contribution is 7.90. The van der Waals surface area contributed by atoms with Crippen molar-refractivity contribution in [3.8, 4) is 0 Å². The maximum absolute atomic E-state index is 11.3. The molecule has 12 heavy (non-hydrogen) atoms. The van der Waals surface area contributed by atoms with Gasteiger partial charge in [0.15, 0.2) is 0 Å². The summed E-state index contributed by atoms with van der Waals surface area (Å²) in [7, 11) is -3.07. The summed E-state index contributed by atoms with van der Waals surface area (Å²) in [5.74, 6) is 0. The number of rotatable bonds is 3. The summed E-state index contributed by atoms with van der Waals surface area (Å²) in [5, 5.41) is 2.77. The predicted octanol–water partition coefficient (Wildman–Crippen LogP) is -0.324. The van der Waals surface area contributed by atoms with Crippen LogP contribution in [0.15, 0.2) is 0 Å². The molecule has 0 aromatic carbocycles. The van der Waals surface area contributed by atoms with Crippen LogP contribution in [-0.4, -0.2) is 32.8 Å². The third-order valence-electron chi connectivity index (χ3n) is 2.01. The Hall–Kier alpha value is -0.130. The van der Waals surface area contributed by atoms with Crippen LogP contribution in [-0.2, 0) is 10.0 Å². The molecule has 0 aromatic rings. The molecule has 1 rings (SSSR count). The molecule has 0 aliphatic carbocycles. The average Bonchev–Trinajstić information content (AvgIpc) is 2.38. The van der Waals surface area contributed by atoms with Gasteiger partial charge in [0.05, 0.1) is 5.25 Å². The first kappa shape index (κ1) is 9.95. The van der Waals surface area contributed by atoms with E-state index in [2.05, 4.69) is 10.0 Å². The molecule has 1 saturated heterocycles. The van der Waals surface area contributed by atoms with Gasteiger partial charge in [0.1, 0.15) is 0 Å². The Morgan fingerprint density at radius 3 is 2.58 bits per heavy atom. The molecule has 1 aliphatic heterocycles. The van der Waals surface area contributed by atoms with Crippen molar-refractivity contribution in [3.05, 3.63) is 0 Å². The van der Waals surface area contributed by atoms with Crippen LogP contribution in [0.1, 0.15) is 20.3 Å². The molecule has 0 radical (unpaired) electrons. The molecule has 1 fully saturated rings. The molecule has 0 bridgehead atoms. The van der Waals surface area contributed by atoms with Gasteiger partial charge in [-0.3, -0.25) is 0 Å². The first-order valence-electron chi connectivity index (χ1n) is 4.24.